The van der Waals surface area contributed by atoms with Crippen LogP contribution in [0.2, 0.25) is 0 Å². The predicted octanol–water partition coefficient (Wildman–Crippen LogP) is 1.63. The molecule has 96 valence electrons. The number of carbonyl (C=O) groups excluding carboxylic acids is 2. The summed E-state index contributed by atoms with van der Waals surface area (Å²) in [6.07, 6.45) is -0.0373. The number of nitrogens with zero attached hydrogens (tertiary/aromatic N) is 2. The molecule has 0 heterocycles. The van der Waals surface area contributed by atoms with E-state index < -0.39 is 23.7 Å². The van der Waals surface area contributed by atoms with E-state index in [0.717, 1.165) is 0 Å². The molecule has 0 aromatic heterocycles. The summed E-state index contributed by atoms with van der Waals surface area (Å²) >= 11 is 0. The van der Waals surface area contributed by atoms with Gasteiger partial charge in [-0.25, -0.2) is 0 Å². The van der Waals surface area contributed by atoms with Gasteiger partial charge in [-0.1, -0.05) is 25.1 Å². The summed E-state index contributed by atoms with van der Waals surface area (Å²) in [5.41, 5.74) is 0.389. The highest BCUT2D eigenvalue weighted by Crippen LogP contribution is 2.13. The maximum atomic E-state index is 11.7. The van der Waals surface area contributed by atoms with Crippen LogP contribution in [-0.4, -0.2) is 11.8 Å². The van der Waals surface area contributed by atoms with Crippen molar-refractivity contribution in [3.63, 3.8) is 0 Å². The largest absolute Gasteiger partial charge is 0.292 e. The monoisotopic (exact) mass is 255 g/mol. The van der Waals surface area contributed by atoms with E-state index in [9.17, 15) is 9.59 Å². The van der Waals surface area contributed by atoms with Crippen molar-refractivity contribution in [3.05, 3.63) is 35.9 Å². The molecule has 1 N–H and O–H groups in total. The average Bonchev–Trinajstić information content (AvgIpc) is 2.40. The van der Waals surface area contributed by atoms with Crippen LogP contribution >= 0.6 is 0 Å². The molecule has 1 atom stereocenters. The van der Waals surface area contributed by atoms with Gasteiger partial charge >= 0.3 is 0 Å². The fourth-order valence-corrected chi connectivity index (χ4v) is 1.53. The van der Waals surface area contributed by atoms with Gasteiger partial charge in [0, 0.05) is 12.0 Å². The molecule has 0 bridgehead atoms. The van der Waals surface area contributed by atoms with Crippen molar-refractivity contribution in [2.24, 2.45) is 11.8 Å². The molecule has 0 aliphatic rings. The van der Waals surface area contributed by atoms with Gasteiger partial charge in [0.25, 0.3) is 5.91 Å². The fraction of sp³-hybridized carbons (Fsp3) is 0.286. The van der Waals surface area contributed by atoms with E-state index in [4.69, 9.17) is 10.5 Å². The van der Waals surface area contributed by atoms with E-state index in [1.807, 2.05) is 12.1 Å². The summed E-state index contributed by atoms with van der Waals surface area (Å²) in [4.78, 5) is 23.3. The third-order valence-corrected chi connectivity index (χ3v) is 2.64. The van der Waals surface area contributed by atoms with E-state index in [1.54, 1.807) is 37.3 Å². The second-order valence-electron chi connectivity index (χ2n) is 4.16. The second-order valence-corrected chi connectivity index (χ2v) is 4.16. The molecule has 0 spiro atoms. The van der Waals surface area contributed by atoms with Crippen molar-refractivity contribution in [3.8, 4) is 12.1 Å². The molecule has 5 nitrogen and oxygen atoms in total. The molecule has 5 heteroatoms. The van der Waals surface area contributed by atoms with E-state index >= 15 is 0 Å². The first kappa shape index (κ1) is 14.4. The van der Waals surface area contributed by atoms with Gasteiger partial charge in [0.05, 0.1) is 12.1 Å². The third-order valence-electron chi connectivity index (χ3n) is 2.64. The van der Waals surface area contributed by atoms with Gasteiger partial charge in [0.15, 0.2) is 0 Å². The summed E-state index contributed by atoms with van der Waals surface area (Å²) in [7, 11) is 0. The van der Waals surface area contributed by atoms with E-state index in [2.05, 4.69) is 5.32 Å². The van der Waals surface area contributed by atoms with Crippen molar-refractivity contribution in [1.29, 1.82) is 10.5 Å². The molecule has 1 aromatic rings. The van der Waals surface area contributed by atoms with Gasteiger partial charge in [0.2, 0.25) is 5.91 Å². The molecule has 1 rings (SSSR count). The molecule has 0 saturated carbocycles. The molecule has 0 saturated heterocycles. The van der Waals surface area contributed by atoms with Crippen LogP contribution in [0.1, 0.15) is 23.7 Å². The SMILES string of the molecule is C[C@H](CC(=O)NC(=O)c1ccccc1)C(C#N)C#N. The summed E-state index contributed by atoms with van der Waals surface area (Å²) in [5.74, 6) is -2.24. The molecule has 0 radical (unpaired) electrons. The van der Waals surface area contributed by atoms with Crippen LogP contribution in [0, 0.1) is 34.5 Å². The minimum absolute atomic E-state index is 0.0373. The number of carbonyl (C=O) groups is 2. The second kappa shape index (κ2) is 6.93. The van der Waals surface area contributed by atoms with E-state index in [0.29, 0.717) is 5.56 Å². The zero-order valence-electron chi connectivity index (χ0n) is 10.5. The number of benzene rings is 1. The lowest BCUT2D eigenvalue weighted by Gasteiger charge is -2.10. The molecule has 19 heavy (non-hydrogen) atoms. The Morgan fingerprint density at radius 2 is 1.79 bits per heavy atom. The van der Waals surface area contributed by atoms with Crippen LogP contribution in [0.4, 0.5) is 0 Å². The van der Waals surface area contributed by atoms with Crippen LogP contribution in [0.25, 0.3) is 0 Å². The van der Waals surface area contributed by atoms with Gasteiger partial charge in [-0.2, -0.15) is 10.5 Å². The van der Waals surface area contributed by atoms with Crippen molar-refractivity contribution in [2.45, 2.75) is 13.3 Å². The third kappa shape index (κ3) is 4.25. The first-order valence-electron chi connectivity index (χ1n) is 5.77. The lowest BCUT2D eigenvalue weighted by Crippen LogP contribution is -2.32. The molecule has 2 amide bonds. The van der Waals surface area contributed by atoms with Crippen LogP contribution in [-0.2, 0) is 4.79 Å². The highest BCUT2D eigenvalue weighted by molar-refractivity contribution is 6.04. The average molecular weight is 255 g/mol. The highest BCUT2D eigenvalue weighted by atomic mass is 16.2. The Bertz CT molecular complexity index is 526. The van der Waals surface area contributed by atoms with Gasteiger partial charge in [0.1, 0.15) is 5.92 Å². The van der Waals surface area contributed by atoms with Crippen LogP contribution in [0.15, 0.2) is 30.3 Å². The summed E-state index contributed by atoms with van der Waals surface area (Å²) in [6, 6.07) is 12.0. The number of hydrogen-bond acceptors (Lipinski definition) is 4. The van der Waals surface area contributed by atoms with Crippen LogP contribution in [0.3, 0.4) is 0 Å². The lowest BCUT2D eigenvalue weighted by molar-refractivity contribution is -0.121. The maximum absolute atomic E-state index is 11.7. The zero-order valence-corrected chi connectivity index (χ0v) is 10.5. The quantitative estimate of drug-likeness (QED) is 0.884. The van der Waals surface area contributed by atoms with Crippen molar-refractivity contribution >= 4 is 11.8 Å². The smallest absolute Gasteiger partial charge is 0.257 e. The number of nitrogens with one attached hydrogen (secondary N) is 1. The predicted molar refractivity (Wildman–Crippen MR) is 67.4 cm³/mol. The Labute approximate surface area is 111 Å². The first-order valence-corrected chi connectivity index (χ1v) is 5.77. The minimum atomic E-state index is -0.849. The number of amides is 2. The fourth-order valence-electron chi connectivity index (χ4n) is 1.53. The maximum Gasteiger partial charge on any atom is 0.257 e. The van der Waals surface area contributed by atoms with Gasteiger partial charge in [-0.05, 0) is 18.1 Å². The molecular formula is C14H13N3O2. The van der Waals surface area contributed by atoms with Crippen molar-refractivity contribution < 1.29 is 9.59 Å². The number of imide groups is 1. The Hall–Kier alpha value is -2.66. The summed E-state index contributed by atoms with van der Waals surface area (Å²) < 4.78 is 0. The Kier molecular flexibility index (Phi) is 5.25. The Morgan fingerprint density at radius 3 is 2.32 bits per heavy atom. The number of nitriles is 2. The molecule has 0 aliphatic heterocycles. The van der Waals surface area contributed by atoms with Crippen molar-refractivity contribution in [1.82, 2.24) is 5.32 Å². The van der Waals surface area contributed by atoms with Gasteiger partial charge < -0.3 is 0 Å². The van der Waals surface area contributed by atoms with Crippen LogP contribution < -0.4 is 5.32 Å². The van der Waals surface area contributed by atoms with E-state index in [-0.39, 0.29) is 6.42 Å². The Morgan fingerprint density at radius 1 is 1.21 bits per heavy atom. The molecule has 0 unspecified atom stereocenters. The lowest BCUT2D eigenvalue weighted by atomic mass is 9.93. The molecular weight excluding hydrogens is 242 g/mol. The topological polar surface area (TPSA) is 93.8 Å². The molecule has 0 fully saturated rings. The van der Waals surface area contributed by atoms with Crippen LogP contribution in [0.5, 0.6) is 0 Å². The Balaban J connectivity index is 2.56. The van der Waals surface area contributed by atoms with Gasteiger partial charge in [-0.3, -0.25) is 14.9 Å². The normalized spacial score (nSPS) is 11.2. The molecule has 1 aromatic carbocycles. The van der Waals surface area contributed by atoms with Gasteiger partial charge in [-0.15, -0.1) is 0 Å². The standard InChI is InChI=1S/C14H13N3O2/c1-10(12(8-15)9-16)7-13(18)17-14(19)11-5-3-2-4-6-11/h2-6,10,12H,7H2,1H3,(H,17,18,19)/t10-/m1/s1. The summed E-state index contributed by atoms with van der Waals surface area (Å²) in [5, 5.41) is 19.6. The number of hydrogen-bond donors (Lipinski definition) is 1. The number of rotatable bonds is 4. The van der Waals surface area contributed by atoms with E-state index in [1.165, 1.54) is 0 Å². The summed E-state index contributed by atoms with van der Waals surface area (Å²) in [6.45, 7) is 1.63. The molecule has 0 aliphatic carbocycles. The minimum Gasteiger partial charge on any atom is -0.292 e. The van der Waals surface area contributed by atoms with Crippen molar-refractivity contribution in [2.75, 3.05) is 0 Å². The first-order chi connectivity index (χ1) is 9.08. The highest BCUT2D eigenvalue weighted by Gasteiger charge is 2.20. The zero-order chi connectivity index (χ0) is 14.3.